The molecule has 2 aromatic heterocycles. The Morgan fingerprint density at radius 1 is 1.43 bits per heavy atom. The third-order valence-corrected chi connectivity index (χ3v) is 7.22. The van der Waals surface area contributed by atoms with Crippen molar-refractivity contribution in [2.24, 2.45) is 5.92 Å². The van der Waals surface area contributed by atoms with Crippen LogP contribution in [0, 0.1) is 12.8 Å². The van der Waals surface area contributed by atoms with E-state index < -0.39 is 0 Å². The van der Waals surface area contributed by atoms with Crippen molar-refractivity contribution in [2.75, 3.05) is 5.32 Å². The van der Waals surface area contributed by atoms with Gasteiger partial charge in [0.2, 0.25) is 5.91 Å². The first-order valence-corrected chi connectivity index (χ1v) is 11.2. The fourth-order valence-electron chi connectivity index (χ4n) is 3.57. The fraction of sp³-hybridized carbons (Fsp3) is 0.381. The minimum Gasteiger partial charge on any atom is -0.325 e. The number of anilines is 1. The lowest BCUT2D eigenvalue weighted by atomic mass is 9.89. The summed E-state index contributed by atoms with van der Waals surface area (Å²) in [6.45, 7) is 6.06. The summed E-state index contributed by atoms with van der Waals surface area (Å²) in [5.41, 5.74) is 2.94. The number of thiophene rings is 1. The number of hydrogen-bond donors (Lipinski definition) is 2. The maximum Gasteiger partial charge on any atom is 0.260 e. The predicted octanol–water partition coefficient (Wildman–Crippen LogP) is 4.54. The molecule has 2 N–H and O–H groups in total. The van der Waals surface area contributed by atoms with Gasteiger partial charge in [0.1, 0.15) is 4.83 Å². The average Bonchev–Trinajstić information content (AvgIpc) is 2.99. The summed E-state index contributed by atoms with van der Waals surface area (Å²) in [4.78, 5) is 34.8. The van der Waals surface area contributed by atoms with Crippen LogP contribution in [0.2, 0.25) is 0 Å². The third-order valence-electron chi connectivity index (χ3n) is 5.09. The third kappa shape index (κ3) is 3.86. The SMILES string of the molecule is Cc1cccc(NC(=O)[C@@H](C)Sc2nc3sc4c(c3c(=O)[nH]2)CC[C@H](C)C4)c1. The number of nitrogens with one attached hydrogen (secondary N) is 2. The number of aromatic amines is 1. The maximum atomic E-state index is 12.7. The molecule has 1 amide bonds. The van der Waals surface area contributed by atoms with Crippen LogP contribution in [0.5, 0.6) is 0 Å². The predicted molar refractivity (Wildman–Crippen MR) is 117 cm³/mol. The van der Waals surface area contributed by atoms with Crippen LogP contribution in [0.25, 0.3) is 10.2 Å². The van der Waals surface area contributed by atoms with Gasteiger partial charge >= 0.3 is 0 Å². The Hall–Kier alpha value is -2.12. The molecule has 0 unspecified atom stereocenters. The van der Waals surface area contributed by atoms with Gasteiger partial charge in [0.25, 0.3) is 5.56 Å². The van der Waals surface area contributed by atoms with Crippen molar-refractivity contribution in [1.82, 2.24) is 9.97 Å². The Morgan fingerprint density at radius 2 is 2.25 bits per heavy atom. The molecule has 1 aromatic carbocycles. The minimum atomic E-state index is -0.379. The van der Waals surface area contributed by atoms with Crippen LogP contribution in [0.1, 0.15) is 36.3 Å². The number of carbonyl (C=O) groups excluding carboxylic acids is 1. The van der Waals surface area contributed by atoms with Gasteiger partial charge in [-0.05, 0) is 62.3 Å². The van der Waals surface area contributed by atoms with Crippen molar-refractivity contribution < 1.29 is 4.79 Å². The zero-order valence-corrected chi connectivity index (χ0v) is 17.8. The lowest BCUT2D eigenvalue weighted by molar-refractivity contribution is -0.115. The second-order valence-corrected chi connectivity index (χ2v) is 9.93. The minimum absolute atomic E-state index is 0.0918. The van der Waals surface area contributed by atoms with E-state index in [2.05, 4.69) is 22.2 Å². The normalized spacial score (nSPS) is 17.3. The van der Waals surface area contributed by atoms with Crippen molar-refractivity contribution in [1.29, 1.82) is 0 Å². The number of aryl methyl sites for hydroxylation is 2. The summed E-state index contributed by atoms with van der Waals surface area (Å²) in [5, 5.41) is 3.78. The zero-order chi connectivity index (χ0) is 19.8. The van der Waals surface area contributed by atoms with E-state index in [1.165, 1.54) is 22.2 Å². The summed E-state index contributed by atoms with van der Waals surface area (Å²) in [7, 11) is 0. The highest BCUT2D eigenvalue weighted by Gasteiger charge is 2.24. The molecule has 146 valence electrons. The number of fused-ring (bicyclic) bond motifs is 3. The Kier molecular flexibility index (Phi) is 5.29. The van der Waals surface area contributed by atoms with Crippen molar-refractivity contribution in [3.05, 3.63) is 50.6 Å². The van der Waals surface area contributed by atoms with Gasteiger partial charge in [-0.15, -0.1) is 11.3 Å². The molecule has 3 aromatic rings. The molecule has 1 aliphatic carbocycles. The Balaban J connectivity index is 1.54. The lowest BCUT2D eigenvalue weighted by Crippen LogP contribution is -2.23. The summed E-state index contributed by atoms with van der Waals surface area (Å²) in [6, 6.07) is 7.69. The second kappa shape index (κ2) is 7.72. The van der Waals surface area contributed by atoms with E-state index in [1.807, 2.05) is 38.1 Å². The highest BCUT2D eigenvalue weighted by Crippen LogP contribution is 2.36. The number of carbonyl (C=O) groups is 1. The molecular formula is C21H23N3O2S2. The summed E-state index contributed by atoms with van der Waals surface area (Å²) in [6.07, 6.45) is 3.08. The van der Waals surface area contributed by atoms with Crippen molar-refractivity contribution in [3.63, 3.8) is 0 Å². The number of hydrogen-bond acceptors (Lipinski definition) is 5. The van der Waals surface area contributed by atoms with E-state index in [9.17, 15) is 9.59 Å². The highest BCUT2D eigenvalue weighted by molar-refractivity contribution is 8.00. The molecule has 28 heavy (non-hydrogen) atoms. The van der Waals surface area contributed by atoms with Crippen molar-refractivity contribution >= 4 is 44.9 Å². The van der Waals surface area contributed by atoms with Gasteiger partial charge in [0, 0.05) is 10.6 Å². The van der Waals surface area contributed by atoms with Gasteiger partial charge in [-0.3, -0.25) is 9.59 Å². The standard InChI is InChI=1S/C21H23N3O2S2/c1-11-5-4-6-14(9-11)22-18(25)13(3)27-21-23-19(26)17-15-8-7-12(2)10-16(15)28-20(17)24-21/h4-6,9,12-13H,7-8,10H2,1-3H3,(H,22,25)(H,23,24,26)/t12-,13+/m0/s1. The molecule has 0 spiro atoms. The number of nitrogens with zero attached hydrogens (tertiary/aromatic N) is 1. The Morgan fingerprint density at radius 3 is 3.04 bits per heavy atom. The molecule has 5 nitrogen and oxygen atoms in total. The van der Waals surface area contributed by atoms with Crippen LogP contribution in [-0.2, 0) is 17.6 Å². The van der Waals surface area contributed by atoms with E-state index >= 15 is 0 Å². The van der Waals surface area contributed by atoms with E-state index in [0.29, 0.717) is 11.1 Å². The van der Waals surface area contributed by atoms with Gasteiger partial charge in [-0.1, -0.05) is 30.8 Å². The molecule has 4 rings (SSSR count). The molecule has 7 heteroatoms. The summed E-state index contributed by atoms with van der Waals surface area (Å²) >= 11 is 2.91. The molecular weight excluding hydrogens is 390 g/mol. The first kappa shape index (κ1) is 19.2. The van der Waals surface area contributed by atoms with Gasteiger partial charge < -0.3 is 10.3 Å². The van der Waals surface area contributed by atoms with E-state index in [0.717, 1.165) is 40.7 Å². The van der Waals surface area contributed by atoms with Crippen LogP contribution in [0.15, 0.2) is 34.2 Å². The number of amides is 1. The molecule has 1 aliphatic rings. The first-order valence-electron chi connectivity index (χ1n) is 9.49. The molecule has 0 fully saturated rings. The monoisotopic (exact) mass is 413 g/mol. The lowest BCUT2D eigenvalue weighted by Gasteiger charge is -2.17. The summed E-state index contributed by atoms with van der Waals surface area (Å²) in [5.74, 6) is 0.538. The molecule has 0 aliphatic heterocycles. The number of benzene rings is 1. The fourth-order valence-corrected chi connectivity index (χ4v) is 5.81. The van der Waals surface area contributed by atoms with E-state index in [-0.39, 0.29) is 16.7 Å². The maximum absolute atomic E-state index is 12.7. The Labute approximate surface area is 172 Å². The van der Waals surface area contributed by atoms with Crippen molar-refractivity contribution in [2.45, 2.75) is 50.4 Å². The largest absolute Gasteiger partial charge is 0.325 e. The molecule has 0 radical (unpaired) electrons. The number of H-pyrrole nitrogens is 1. The smallest absolute Gasteiger partial charge is 0.260 e. The molecule has 2 heterocycles. The molecule has 0 saturated carbocycles. The summed E-state index contributed by atoms with van der Waals surface area (Å²) < 4.78 is 0. The highest BCUT2D eigenvalue weighted by atomic mass is 32.2. The Bertz CT molecular complexity index is 1100. The van der Waals surface area contributed by atoms with E-state index in [1.54, 1.807) is 11.3 Å². The molecule has 0 bridgehead atoms. The zero-order valence-electron chi connectivity index (χ0n) is 16.2. The first-order chi connectivity index (χ1) is 13.4. The number of aromatic nitrogens is 2. The van der Waals surface area contributed by atoms with Gasteiger partial charge in [0.15, 0.2) is 5.16 Å². The van der Waals surface area contributed by atoms with Crippen molar-refractivity contribution in [3.8, 4) is 0 Å². The van der Waals surface area contributed by atoms with Crippen LogP contribution in [0.4, 0.5) is 5.69 Å². The van der Waals surface area contributed by atoms with E-state index in [4.69, 9.17) is 0 Å². The van der Waals surface area contributed by atoms with Gasteiger partial charge in [0.05, 0.1) is 10.6 Å². The molecule has 0 saturated heterocycles. The number of rotatable bonds is 4. The van der Waals surface area contributed by atoms with Crippen LogP contribution < -0.4 is 10.9 Å². The van der Waals surface area contributed by atoms with Crippen LogP contribution in [0.3, 0.4) is 0 Å². The molecule has 2 atom stereocenters. The average molecular weight is 414 g/mol. The van der Waals surface area contributed by atoms with Gasteiger partial charge in [-0.2, -0.15) is 0 Å². The second-order valence-electron chi connectivity index (χ2n) is 7.52. The quantitative estimate of drug-likeness (QED) is 0.486. The van der Waals surface area contributed by atoms with Gasteiger partial charge in [-0.25, -0.2) is 4.98 Å². The topological polar surface area (TPSA) is 74.8 Å². The van der Waals surface area contributed by atoms with Crippen LogP contribution in [-0.4, -0.2) is 21.1 Å². The number of thioether (sulfide) groups is 1. The van der Waals surface area contributed by atoms with Crippen LogP contribution >= 0.6 is 23.1 Å².